The highest BCUT2D eigenvalue weighted by molar-refractivity contribution is 5.61. The van der Waals surface area contributed by atoms with Gasteiger partial charge in [0.2, 0.25) is 0 Å². The molecule has 6 nitrogen and oxygen atoms in total. The Balaban J connectivity index is 2.26. The fourth-order valence-corrected chi connectivity index (χ4v) is 2.36. The molecule has 2 rings (SSSR count). The predicted molar refractivity (Wildman–Crippen MR) is 73.4 cm³/mol. The molecule has 0 aliphatic carbocycles. The molecule has 1 aromatic carbocycles. The smallest absolute Gasteiger partial charge is 0.274 e. The number of benzene rings is 1. The molecule has 1 heterocycles. The van der Waals surface area contributed by atoms with Crippen LogP contribution < -0.4 is 10.6 Å². The summed E-state index contributed by atoms with van der Waals surface area (Å²) >= 11 is 0. The molecule has 104 valence electrons. The highest BCUT2D eigenvalue weighted by atomic mass is 16.6. The van der Waals surface area contributed by atoms with Gasteiger partial charge in [-0.2, -0.15) is 0 Å². The van der Waals surface area contributed by atoms with Crippen LogP contribution in [0.5, 0.6) is 0 Å². The van der Waals surface area contributed by atoms with Gasteiger partial charge in [0, 0.05) is 30.9 Å². The maximum absolute atomic E-state index is 11.0. The fourth-order valence-electron chi connectivity index (χ4n) is 2.36. The van der Waals surface area contributed by atoms with Gasteiger partial charge >= 0.3 is 0 Å². The summed E-state index contributed by atoms with van der Waals surface area (Å²) in [7, 11) is 0. The summed E-state index contributed by atoms with van der Waals surface area (Å²) in [6.45, 7) is 5.68. The second kappa shape index (κ2) is 5.54. The molecule has 2 unspecified atom stereocenters. The quantitative estimate of drug-likeness (QED) is 0.661. The van der Waals surface area contributed by atoms with Gasteiger partial charge in [-0.05, 0) is 19.9 Å². The Bertz CT molecular complexity index is 476. The van der Waals surface area contributed by atoms with Crippen molar-refractivity contribution in [1.82, 2.24) is 0 Å². The lowest BCUT2D eigenvalue weighted by Gasteiger charge is -2.36. The lowest BCUT2D eigenvalue weighted by atomic mass is 10.1. The van der Waals surface area contributed by atoms with Crippen LogP contribution in [0.1, 0.15) is 12.5 Å². The van der Waals surface area contributed by atoms with Gasteiger partial charge < -0.3 is 15.4 Å². The number of rotatable bonds is 3. The first kappa shape index (κ1) is 13.8. The van der Waals surface area contributed by atoms with Crippen LogP contribution in [-0.4, -0.2) is 36.8 Å². The average molecular weight is 265 g/mol. The summed E-state index contributed by atoms with van der Waals surface area (Å²) in [6.07, 6.45) is -0.0348. The second-order valence-corrected chi connectivity index (χ2v) is 4.89. The van der Waals surface area contributed by atoms with E-state index in [-0.39, 0.29) is 22.8 Å². The van der Waals surface area contributed by atoms with E-state index in [9.17, 15) is 10.1 Å². The summed E-state index contributed by atoms with van der Waals surface area (Å²) in [6, 6.07) is 5.10. The van der Waals surface area contributed by atoms with Crippen LogP contribution in [0.15, 0.2) is 18.2 Å². The Morgan fingerprint density at radius 3 is 2.95 bits per heavy atom. The lowest BCUT2D eigenvalue weighted by Crippen LogP contribution is -2.49. The number of hydrogen-bond donors (Lipinski definition) is 1. The van der Waals surface area contributed by atoms with Crippen LogP contribution in [0.2, 0.25) is 0 Å². The third-order valence-corrected chi connectivity index (χ3v) is 3.49. The predicted octanol–water partition coefficient (Wildman–Crippen LogP) is 1.46. The number of ether oxygens (including phenoxy) is 1. The number of nitrogens with two attached hydrogens (primary N) is 1. The number of hydrogen-bond acceptors (Lipinski definition) is 5. The van der Waals surface area contributed by atoms with Crippen molar-refractivity contribution in [3.63, 3.8) is 0 Å². The van der Waals surface area contributed by atoms with E-state index in [1.54, 1.807) is 13.0 Å². The molecule has 0 aromatic heterocycles. The molecule has 0 spiro atoms. The van der Waals surface area contributed by atoms with E-state index >= 15 is 0 Å². The minimum atomic E-state index is -0.345. The van der Waals surface area contributed by atoms with E-state index in [0.717, 1.165) is 12.2 Å². The van der Waals surface area contributed by atoms with Gasteiger partial charge in [0.15, 0.2) is 0 Å². The molecule has 0 bridgehead atoms. The maximum Gasteiger partial charge on any atom is 0.274 e. The molecular weight excluding hydrogens is 246 g/mol. The van der Waals surface area contributed by atoms with E-state index in [2.05, 4.69) is 4.90 Å². The Morgan fingerprint density at radius 2 is 2.32 bits per heavy atom. The largest absolute Gasteiger partial charge is 0.373 e. The zero-order valence-corrected chi connectivity index (χ0v) is 11.2. The topological polar surface area (TPSA) is 81.6 Å². The molecule has 1 aliphatic heterocycles. The average Bonchev–Trinajstić information content (AvgIpc) is 2.38. The first-order valence-electron chi connectivity index (χ1n) is 6.37. The molecule has 1 saturated heterocycles. The summed E-state index contributed by atoms with van der Waals surface area (Å²) in [5.74, 6) is 0. The summed E-state index contributed by atoms with van der Waals surface area (Å²) in [4.78, 5) is 12.7. The van der Waals surface area contributed by atoms with E-state index in [0.29, 0.717) is 18.7 Å². The molecule has 19 heavy (non-hydrogen) atoms. The van der Waals surface area contributed by atoms with Crippen LogP contribution in [-0.2, 0) is 4.74 Å². The van der Waals surface area contributed by atoms with Crippen LogP contribution in [0.4, 0.5) is 11.4 Å². The third-order valence-electron chi connectivity index (χ3n) is 3.49. The van der Waals surface area contributed by atoms with Crippen molar-refractivity contribution in [2.75, 3.05) is 24.6 Å². The highest BCUT2D eigenvalue weighted by Crippen LogP contribution is 2.29. The standard InChI is InChI=1S/C13H19N3O3/c1-9-11(4-3-5-12(9)16(17)18)15-6-7-19-13(8-15)10(2)14/h3-5,10,13H,6-8,14H2,1-2H3. The van der Waals surface area contributed by atoms with Gasteiger partial charge in [-0.1, -0.05) is 6.07 Å². The molecule has 1 aliphatic rings. The van der Waals surface area contributed by atoms with Crippen molar-refractivity contribution in [1.29, 1.82) is 0 Å². The normalized spacial score (nSPS) is 21.2. The van der Waals surface area contributed by atoms with E-state index in [1.807, 2.05) is 13.0 Å². The minimum Gasteiger partial charge on any atom is -0.373 e. The van der Waals surface area contributed by atoms with Crippen LogP contribution in [0.3, 0.4) is 0 Å². The van der Waals surface area contributed by atoms with Gasteiger partial charge in [-0.15, -0.1) is 0 Å². The molecule has 2 N–H and O–H groups in total. The van der Waals surface area contributed by atoms with E-state index in [1.165, 1.54) is 6.07 Å². The van der Waals surface area contributed by atoms with E-state index in [4.69, 9.17) is 10.5 Å². The molecule has 0 amide bonds. The van der Waals surface area contributed by atoms with Crippen LogP contribution >= 0.6 is 0 Å². The maximum atomic E-state index is 11.0. The monoisotopic (exact) mass is 265 g/mol. The van der Waals surface area contributed by atoms with Crippen molar-refractivity contribution in [3.8, 4) is 0 Å². The first-order valence-corrected chi connectivity index (χ1v) is 6.37. The molecule has 0 saturated carbocycles. The van der Waals surface area contributed by atoms with Gasteiger partial charge in [0.25, 0.3) is 5.69 Å². The molecule has 2 atom stereocenters. The fraction of sp³-hybridized carbons (Fsp3) is 0.538. The Morgan fingerprint density at radius 1 is 1.58 bits per heavy atom. The second-order valence-electron chi connectivity index (χ2n) is 4.89. The van der Waals surface area contributed by atoms with Gasteiger partial charge in [-0.3, -0.25) is 10.1 Å². The summed E-state index contributed by atoms with van der Waals surface area (Å²) < 4.78 is 5.61. The lowest BCUT2D eigenvalue weighted by molar-refractivity contribution is -0.385. The van der Waals surface area contributed by atoms with Crippen molar-refractivity contribution in [2.45, 2.75) is 26.0 Å². The zero-order valence-electron chi connectivity index (χ0n) is 11.2. The number of nitro benzene ring substituents is 1. The number of anilines is 1. The number of nitro groups is 1. The van der Waals surface area contributed by atoms with Crippen LogP contribution in [0.25, 0.3) is 0 Å². The number of nitrogens with zero attached hydrogens (tertiary/aromatic N) is 2. The van der Waals surface area contributed by atoms with Crippen molar-refractivity contribution < 1.29 is 9.66 Å². The Hall–Kier alpha value is -1.66. The third kappa shape index (κ3) is 2.85. The molecular formula is C13H19N3O3. The Kier molecular flexibility index (Phi) is 4.01. The first-order chi connectivity index (χ1) is 9.00. The number of morpholine rings is 1. The molecule has 6 heteroatoms. The summed E-state index contributed by atoms with van der Waals surface area (Å²) in [5.41, 5.74) is 7.60. The summed E-state index contributed by atoms with van der Waals surface area (Å²) in [5, 5.41) is 11.0. The zero-order chi connectivity index (χ0) is 14.0. The SMILES string of the molecule is Cc1c(N2CCOC(C(C)N)C2)cccc1[N+](=O)[O-]. The van der Waals surface area contributed by atoms with Gasteiger partial charge in [0.05, 0.1) is 23.2 Å². The molecule has 0 radical (unpaired) electrons. The van der Waals surface area contributed by atoms with Crippen molar-refractivity contribution >= 4 is 11.4 Å². The minimum absolute atomic E-state index is 0.0348. The molecule has 1 fully saturated rings. The Labute approximate surface area is 112 Å². The van der Waals surface area contributed by atoms with Gasteiger partial charge in [-0.25, -0.2) is 0 Å². The van der Waals surface area contributed by atoms with Crippen molar-refractivity contribution in [2.24, 2.45) is 5.73 Å². The highest BCUT2D eigenvalue weighted by Gasteiger charge is 2.26. The van der Waals surface area contributed by atoms with Gasteiger partial charge in [0.1, 0.15) is 0 Å². The molecule has 1 aromatic rings. The van der Waals surface area contributed by atoms with E-state index < -0.39 is 0 Å². The van der Waals surface area contributed by atoms with Crippen molar-refractivity contribution in [3.05, 3.63) is 33.9 Å². The van der Waals surface area contributed by atoms with Crippen LogP contribution in [0, 0.1) is 17.0 Å².